The number of morpholine rings is 1. The van der Waals surface area contributed by atoms with Crippen molar-refractivity contribution in [1.82, 2.24) is 0 Å². The Morgan fingerprint density at radius 1 is 0.846 bits per heavy atom. The third kappa shape index (κ3) is 3.56. The lowest BCUT2D eigenvalue weighted by Gasteiger charge is -2.28. The van der Waals surface area contributed by atoms with Gasteiger partial charge in [0.05, 0.1) is 18.1 Å². The number of anilines is 2. The van der Waals surface area contributed by atoms with Crippen LogP contribution in [0.3, 0.4) is 0 Å². The van der Waals surface area contributed by atoms with Crippen molar-refractivity contribution in [2.75, 3.05) is 49.1 Å². The quantitative estimate of drug-likeness (QED) is 0.881. The van der Waals surface area contributed by atoms with Crippen LogP contribution in [0.2, 0.25) is 0 Å². The topological polar surface area (TPSA) is 77.1 Å². The molecule has 2 aromatic carbocycles. The van der Waals surface area contributed by atoms with Crippen LogP contribution >= 0.6 is 0 Å². The highest BCUT2D eigenvalue weighted by molar-refractivity contribution is 7.92. The van der Waals surface area contributed by atoms with Crippen LogP contribution in [0.1, 0.15) is 0 Å². The molecule has 1 saturated heterocycles. The molecular formula is C18H20N2O5S. The number of benzene rings is 2. The van der Waals surface area contributed by atoms with Crippen molar-refractivity contribution in [3.8, 4) is 11.5 Å². The van der Waals surface area contributed by atoms with Crippen molar-refractivity contribution in [3.63, 3.8) is 0 Å². The molecule has 0 aromatic heterocycles. The number of hydrogen-bond acceptors (Lipinski definition) is 6. The minimum absolute atomic E-state index is 0.138. The molecule has 0 atom stereocenters. The van der Waals surface area contributed by atoms with E-state index in [-0.39, 0.29) is 4.90 Å². The van der Waals surface area contributed by atoms with Gasteiger partial charge in [-0.15, -0.1) is 0 Å². The first-order valence-corrected chi connectivity index (χ1v) is 9.95. The zero-order valence-electron chi connectivity index (χ0n) is 14.2. The summed E-state index contributed by atoms with van der Waals surface area (Å²) in [6.07, 6.45) is 0. The number of rotatable bonds is 4. The second kappa shape index (κ2) is 7.05. The Balaban J connectivity index is 1.50. The fraction of sp³-hybridized carbons (Fsp3) is 0.333. The van der Waals surface area contributed by atoms with Gasteiger partial charge in [-0.2, -0.15) is 0 Å². The molecule has 2 heterocycles. The molecule has 0 bridgehead atoms. The first kappa shape index (κ1) is 17.0. The minimum atomic E-state index is -3.70. The molecule has 138 valence electrons. The molecule has 7 nitrogen and oxygen atoms in total. The summed E-state index contributed by atoms with van der Waals surface area (Å²) in [4.78, 5) is 2.35. The molecule has 26 heavy (non-hydrogen) atoms. The van der Waals surface area contributed by atoms with Gasteiger partial charge in [0.25, 0.3) is 10.0 Å². The fourth-order valence-corrected chi connectivity index (χ4v) is 4.04. The Morgan fingerprint density at radius 2 is 1.54 bits per heavy atom. The van der Waals surface area contributed by atoms with Crippen molar-refractivity contribution in [1.29, 1.82) is 0 Å². The van der Waals surface area contributed by atoms with Crippen LogP contribution in [-0.4, -0.2) is 47.9 Å². The van der Waals surface area contributed by atoms with Crippen molar-refractivity contribution in [3.05, 3.63) is 42.5 Å². The molecule has 0 unspecified atom stereocenters. The maximum atomic E-state index is 12.6. The minimum Gasteiger partial charge on any atom is -0.486 e. The van der Waals surface area contributed by atoms with Gasteiger partial charge in [-0.3, -0.25) is 4.72 Å². The van der Waals surface area contributed by atoms with Crippen molar-refractivity contribution in [2.45, 2.75) is 4.90 Å². The van der Waals surface area contributed by atoms with Crippen molar-refractivity contribution in [2.24, 2.45) is 0 Å². The summed E-state index contributed by atoms with van der Waals surface area (Å²) in [7, 11) is -3.70. The maximum Gasteiger partial charge on any atom is 0.262 e. The Kier molecular flexibility index (Phi) is 4.60. The SMILES string of the molecule is O=S(=O)(Nc1ccc(N2CCOCC2)cc1)c1ccc2c(c1)OCCO2. The largest absolute Gasteiger partial charge is 0.486 e. The highest BCUT2D eigenvalue weighted by atomic mass is 32.2. The molecule has 1 fully saturated rings. The van der Waals surface area contributed by atoms with Gasteiger partial charge in [0.15, 0.2) is 11.5 Å². The standard InChI is InChI=1S/C18H20N2O5S/c21-26(22,16-5-6-17-18(13-16)25-12-11-24-17)19-14-1-3-15(4-2-14)20-7-9-23-10-8-20/h1-6,13,19H,7-12H2. The summed E-state index contributed by atoms with van der Waals surface area (Å²) >= 11 is 0. The molecule has 0 radical (unpaired) electrons. The Morgan fingerprint density at radius 3 is 2.27 bits per heavy atom. The molecule has 8 heteroatoms. The predicted molar refractivity (Wildman–Crippen MR) is 97.7 cm³/mol. The smallest absolute Gasteiger partial charge is 0.262 e. The molecular weight excluding hydrogens is 356 g/mol. The Hall–Kier alpha value is -2.45. The predicted octanol–water partition coefficient (Wildman–Crippen LogP) is 2.10. The fourth-order valence-electron chi connectivity index (χ4n) is 2.97. The van der Waals surface area contributed by atoms with Gasteiger partial charge in [0.1, 0.15) is 13.2 Å². The average molecular weight is 376 g/mol. The van der Waals surface area contributed by atoms with E-state index >= 15 is 0 Å². The number of nitrogens with zero attached hydrogens (tertiary/aromatic N) is 1. The molecule has 0 spiro atoms. The van der Waals surface area contributed by atoms with Gasteiger partial charge < -0.3 is 19.1 Å². The van der Waals surface area contributed by atoms with E-state index in [2.05, 4.69) is 9.62 Å². The van der Waals surface area contributed by atoms with Crippen LogP contribution in [0.25, 0.3) is 0 Å². The summed E-state index contributed by atoms with van der Waals surface area (Å²) in [5, 5.41) is 0. The van der Waals surface area contributed by atoms with E-state index in [0.717, 1.165) is 18.8 Å². The molecule has 4 rings (SSSR count). The van der Waals surface area contributed by atoms with Gasteiger partial charge >= 0.3 is 0 Å². The molecule has 2 aliphatic rings. The van der Waals surface area contributed by atoms with E-state index in [4.69, 9.17) is 14.2 Å². The maximum absolute atomic E-state index is 12.6. The first-order valence-electron chi connectivity index (χ1n) is 8.47. The van der Waals surface area contributed by atoms with Crippen LogP contribution in [0.15, 0.2) is 47.4 Å². The third-order valence-corrected chi connectivity index (χ3v) is 5.70. The molecule has 0 amide bonds. The van der Waals surface area contributed by atoms with E-state index in [9.17, 15) is 8.42 Å². The number of nitrogens with one attached hydrogen (secondary N) is 1. The zero-order chi connectivity index (χ0) is 18.0. The Bertz CT molecular complexity index is 877. The lowest BCUT2D eigenvalue weighted by atomic mass is 10.2. The van der Waals surface area contributed by atoms with E-state index in [0.29, 0.717) is 43.6 Å². The van der Waals surface area contributed by atoms with E-state index < -0.39 is 10.0 Å². The van der Waals surface area contributed by atoms with Crippen LogP contribution in [0.5, 0.6) is 11.5 Å². The molecule has 2 aliphatic heterocycles. The van der Waals surface area contributed by atoms with Crippen LogP contribution in [-0.2, 0) is 14.8 Å². The van der Waals surface area contributed by atoms with Gasteiger partial charge in [0.2, 0.25) is 0 Å². The summed E-state index contributed by atoms with van der Waals surface area (Å²) < 4.78 is 44.1. The molecule has 1 N–H and O–H groups in total. The molecule has 2 aromatic rings. The number of hydrogen-bond donors (Lipinski definition) is 1. The lowest BCUT2D eigenvalue weighted by Crippen LogP contribution is -2.36. The lowest BCUT2D eigenvalue weighted by molar-refractivity contribution is 0.122. The summed E-state index contributed by atoms with van der Waals surface area (Å²) in [6.45, 7) is 3.96. The van der Waals surface area contributed by atoms with Crippen LogP contribution in [0.4, 0.5) is 11.4 Å². The van der Waals surface area contributed by atoms with E-state index in [1.165, 1.54) is 12.1 Å². The second-order valence-corrected chi connectivity index (χ2v) is 7.74. The number of sulfonamides is 1. The highest BCUT2D eigenvalue weighted by Gasteiger charge is 2.20. The average Bonchev–Trinajstić information content (AvgIpc) is 2.68. The summed E-state index contributed by atoms with van der Waals surface area (Å²) in [6, 6.07) is 12.0. The summed E-state index contributed by atoms with van der Waals surface area (Å²) in [5.74, 6) is 1.01. The Labute approximate surface area is 152 Å². The monoisotopic (exact) mass is 376 g/mol. The first-order chi connectivity index (χ1) is 12.6. The van der Waals surface area contributed by atoms with Crippen LogP contribution in [0, 0.1) is 0 Å². The zero-order valence-corrected chi connectivity index (χ0v) is 15.0. The van der Waals surface area contributed by atoms with Gasteiger partial charge in [-0.1, -0.05) is 0 Å². The highest BCUT2D eigenvalue weighted by Crippen LogP contribution is 2.32. The number of fused-ring (bicyclic) bond motifs is 1. The van der Waals surface area contributed by atoms with Gasteiger partial charge in [-0.05, 0) is 36.4 Å². The molecule has 0 saturated carbocycles. The second-order valence-electron chi connectivity index (χ2n) is 6.06. The third-order valence-electron chi connectivity index (χ3n) is 4.32. The van der Waals surface area contributed by atoms with Gasteiger partial charge in [0, 0.05) is 30.5 Å². The van der Waals surface area contributed by atoms with Crippen molar-refractivity contribution >= 4 is 21.4 Å². The van der Waals surface area contributed by atoms with Crippen molar-refractivity contribution < 1.29 is 22.6 Å². The normalized spacial score (nSPS) is 17.0. The number of ether oxygens (including phenoxy) is 3. The van der Waals surface area contributed by atoms with E-state index in [1.54, 1.807) is 18.2 Å². The molecule has 0 aliphatic carbocycles. The van der Waals surface area contributed by atoms with E-state index in [1.807, 2.05) is 12.1 Å². The van der Waals surface area contributed by atoms with Gasteiger partial charge in [-0.25, -0.2) is 8.42 Å². The van der Waals surface area contributed by atoms with Crippen LogP contribution < -0.4 is 19.1 Å². The summed E-state index contributed by atoms with van der Waals surface area (Å²) in [5.41, 5.74) is 1.56.